The number of aromatic nitrogens is 2. The number of carbonyl (C=O) groups is 1. The highest BCUT2D eigenvalue weighted by molar-refractivity contribution is 5.92. The van der Waals surface area contributed by atoms with Gasteiger partial charge in [-0.2, -0.15) is 0 Å². The third-order valence-electron chi connectivity index (χ3n) is 4.53. The molecule has 156 valence electrons. The van der Waals surface area contributed by atoms with Crippen LogP contribution in [0.4, 0.5) is 8.78 Å². The number of benzene rings is 2. The van der Waals surface area contributed by atoms with Gasteiger partial charge in [-0.05, 0) is 36.4 Å². The molecule has 0 bridgehead atoms. The third-order valence-corrected chi connectivity index (χ3v) is 4.53. The predicted molar refractivity (Wildman–Crippen MR) is 107 cm³/mol. The summed E-state index contributed by atoms with van der Waals surface area (Å²) < 4.78 is 39.0. The lowest BCUT2D eigenvalue weighted by Gasteiger charge is -2.13. The van der Waals surface area contributed by atoms with Gasteiger partial charge in [0.15, 0.2) is 17.0 Å². The van der Waals surface area contributed by atoms with E-state index in [4.69, 9.17) is 9.47 Å². The van der Waals surface area contributed by atoms with Gasteiger partial charge in [0.1, 0.15) is 11.6 Å². The molecule has 4 aromatic rings. The lowest BCUT2D eigenvalue weighted by Crippen LogP contribution is -2.10. The quantitative estimate of drug-likeness (QED) is 0.518. The summed E-state index contributed by atoms with van der Waals surface area (Å²) in [7, 11) is 1.41. The molecular weight excluding hydrogens is 410 g/mol. The highest BCUT2D eigenvalue weighted by atomic mass is 19.1. The molecule has 0 saturated heterocycles. The summed E-state index contributed by atoms with van der Waals surface area (Å²) >= 11 is 0. The van der Waals surface area contributed by atoms with Gasteiger partial charge in [0.05, 0.1) is 23.8 Å². The van der Waals surface area contributed by atoms with E-state index in [0.29, 0.717) is 17.3 Å². The summed E-state index contributed by atoms with van der Waals surface area (Å²) in [5.74, 6) is -2.69. The van der Waals surface area contributed by atoms with E-state index in [-0.39, 0.29) is 33.7 Å². The Morgan fingerprint density at radius 2 is 1.81 bits per heavy atom. The first-order valence-corrected chi connectivity index (χ1v) is 8.94. The molecular formula is C22H14F2N2O5. The summed E-state index contributed by atoms with van der Waals surface area (Å²) in [6.07, 6.45) is 1.39. The maximum Gasteiger partial charge on any atom is 0.335 e. The van der Waals surface area contributed by atoms with Gasteiger partial charge < -0.3 is 14.6 Å². The van der Waals surface area contributed by atoms with Crippen molar-refractivity contribution in [1.29, 1.82) is 0 Å². The number of methoxy groups -OCH3 is 1. The summed E-state index contributed by atoms with van der Waals surface area (Å²) in [6, 6.07) is 11.2. The lowest BCUT2D eigenvalue weighted by molar-refractivity contribution is 0.0697. The molecule has 0 fully saturated rings. The van der Waals surface area contributed by atoms with Gasteiger partial charge in [-0.15, -0.1) is 5.10 Å². The van der Waals surface area contributed by atoms with Gasteiger partial charge in [-0.3, -0.25) is 4.79 Å². The highest BCUT2D eigenvalue weighted by Gasteiger charge is 2.17. The van der Waals surface area contributed by atoms with Gasteiger partial charge in [-0.1, -0.05) is 0 Å². The number of aromatic carboxylic acids is 1. The van der Waals surface area contributed by atoms with Crippen molar-refractivity contribution in [3.63, 3.8) is 0 Å². The Morgan fingerprint density at radius 3 is 2.52 bits per heavy atom. The van der Waals surface area contributed by atoms with Crippen LogP contribution >= 0.6 is 0 Å². The Balaban J connectivity index is 1.85. The topological polar surface area (TPSA) is 90.1 Å². The monoisotopic (exact) mass is 424 g/mol. The average Bonchev–Trinajstić information content (AvgIpc) is 2.75. The van der Waals surface area contributed by atoms with E-state index in [1.165, 1.54) is 54.2 Å². The van der Waals surface area contributed by atoms with Crippen LogP contribution in [0.1, 0.15) is 10.4 Å². The molecule has 0 aliphatic heterocycles. The molecule has 9 heteroatoms. The first-order valence-electron chi connectivity index (χ1n) is 8.94. The van der Waals surface area contributed by atoms with Crippen LogP contribution in [0.25, 0.3) is 16.6 Å². The van der Waals surface area contributed by atoms with Crippen LogP contribution in [0, 0.1) is 11.6 Å². The molecule has 2 aromatic carbocycles. The Hall–Kier alpha value is -4.27. The van der Waals surface area contributed by atoms with Crippen molar-refractivity contribution in [2.45, 2.75) is 0 Å². The number of rotatable bonds is 5. The van der Waals surface area contributed by atoms with E-state index in [9.17, 15) is 23.5 Å². The molecule has 0 atom stereocenters. The molecule has 0 unspecified atom stereocenters. The van der Waals surface area contributed by atoms with Gasteiger partial charge in [0.25, 0.3) is 0 Å². The minimum atomic E-state index is -1.15. The van der Waals surface area contributed by atoms with Crippen LogP contribution in [0.3, 0.4) is 0 Å². The van der Waals surface area contributed by atoms with E-state index in [1.807, 2.05) is 0 Å². The number of hydrogen-bond donors (Lipinski definition) is 1. The highest BCUT2D eigenvalue weighted by Crippen LogP contribution is 2.32. The van der Waals surface area contributed by atoms with Gasteiger partial charge in [0.2, 0.25) is 5.88 Å². The van der Waals surface area contributed by atoms with E-state index < -0.39 is 17.6 Å². The second-order valence-electron chi connectivity index (χ2n) is 6.45. The molecule has 4 rings (SSSR count). The molecule has 0 aliphatic carbocycles. The summed E-state index contributed by atoms with van der Waals surface area (Å²) in [5, 5.41) is 13.5. The summed E-state index contributed by atoms with van der Waals surface area (Å²) in [4.78, 5) is 24.1. The van der Waals surface area contributed by atoms with Crippen molar-refractivity contribution in [3.8, 4) is 28.5 Å². The molecule has 0 aliphatic rings. The van der Waals surface area contributed by atoms with Crippen LogP contribution in [-0.4, -0.2) is 27.8 Å². The standard InChI is InChI=1S/C22H14F2N2O5/c1-30-18-5-2-12(22(28)29)10-14(18)21-16-4-7-20(25-26(16)9-8-17(21)27)31-19-6-3-13(23)11-15(19)24/h2-11H,1H3,(H,28,29). The zero-order valence-corrected chi connectivity index (χ0v) is 16.0. The van der Waals surface area contributed by atoms with Crippen molar-refractivity contribution in [3.05, 3.63) is 88.2 Å². The van der Waals surface area contributed by atoms with E-state index in [0.717, 1.165) is 12.1 Å². The Kier molecular flexibility index (Phi) is 5.08. The fourth-order valence-electron chi connectivity index (χ4n) is 3.11. The first-order chi connectivity index (χ1) is 14.9. The second kappa shape index (κ2) is 7.86. The average molecular weight is 424 g/mol. The molecule has 0 spiro atoms. The molecule has 0 amide bonds. The molecule has 0 radical (unpaired) electrons. The minimum absolute atomic E-state index is 0.00106. The van der Waals surface area contributed by atoms with Crippen molar-refractivity contribution < 1.29 is 28.2 Å². The largest absolute Gasteiger partial charge is 0.496 e. The van der Waals surface area contributed by atoms with Crippen molar-refractivity contribution in [2.24, 2.45) is 0 Å². The fraction of sp³-hybridized carbons (Fsp3) is 0.0455. The normalized spacial score (nSPS) is 10.8. The number of hydrogen-bond acceptors (Lipinski definition) is 5. The summed E-state index contributed by atoms with van der Waals surface area (Å²) in [6.45, 7) is 0. The number of ether oxygens (including phenoxy) is 2. The maximum absolute atomic E-state index is 13.9. The van der Waals surface area contributed by atoms with Crippen LogP contribution in [0.15, 0.2) is 65.6 Å². The number of nitrogens with zero attached hydrogens (tertiary/aromatic N) is 2. The SMILES string of the molecule is COc1ccc(C(=O)O)cc1-c1c(=O)ccn2nc(Oc3ccc(F)cc3F)ccc12. The zero-order chi connectivity index (χ0) is 22.1. The van der Waals surface area contributed by atoms with E-state index in [2.05, 4.69) is 5.10 Å². The van der Waals surface area contributed by atoms with E-state index in [1.54, 1.807) is 0 Å². The number of halogens is 2. The fourth-order valence-corrected chi connectivity index (χ4v) is 3.11. The number of pyridine rings is 1. The number of carboxylic acids is 1. The third kappa shape index (κ3) is 3.80. The Morgan fingerprint density at radius 1 is 1.03 bits per heavy atom. The Bertz CT molecular complexity index is 1380. The minimum Gasteiger partial charge on any atom is -0.496 e. The zero-order valence-electron chi connectivity index (χ0n) is 16.0. The number of carboxylic acid groups (broad SMARTS) is 1. The van der Waals surface area contributed by atoms with Crippen LogP contribution < -0.4 is 14.9 Å². The molecule has 0 saturated carbocycles. The maximum atomic E-state index is 13.9. The second-order valence-corrected chi connectivity index (χ2v) is 6.45. The van der Waals surface area contributed by atoms with Crippen molar-refractivity contribution in [2.75, 3.05) is 7.11 Å². The van der Waals surface area contributed by atoms with Gasteiger partial charge >= 0.3 is 5.97 Å². The number of fused-ring (bicyclic) bond motifs is 1. The van der Waals surface area contributed by atoms with Crippen molar-refractivity contribution >= 4 is 11.5 Å². The van der Waals surface area contributed by atoms with Crippen molar-refractivity contribution in [1.82, 2.24) is 9.61 Å². The smallest absolute Gasteiger partial charge is 0.335 e. The van der Waals surface area contributed by atoms with Gasteiger partial charge in [-0.25, -0.2) is 18.1 Å². The lowest BCUT2D eigenvalue weighted by atomic mass is 10.0. The van der Waals surface area contributed by atoms with Crippen LogP contribution in [-0.2, 0) is 0 Å². The first kappa shape index (κ1) is 20.0. The van der Waals surface area contributed by atoms with Crippen LogP contribution in [0.5, 0.6) is 17.4 Å². The Labute approximate surface area is 173 Å². The predicted octanol–water partition coefficient (Wildman–Crippen LogP) is 4.14. The molecule has 2 heterocycles. The van der Waals surface area contributed by atoms with Crippen LogP contribution in [0.2, 0.25) is 0 Å². The molecule has 31 heavy (non-hydrogen) atoms. The molecule has 7 nitrogen and oxygen atoms in total. The van der Waals surface area contributed by atoms with Gasteiger partial charge in [0, 0.05) is 30.0 Å². The molecule has 2 aromatic heterocycles. The van der Waals surface area contributed by atoms with E-state index >= 15 is 0 Å². The molecule has 1 N–H and O–H groups in total. The summed E-state index contributed by atoms with van der Waals surface area (Å²) in [5.41, 5.74) is 0.415.